The Morgan fingerprint density at radius 1 is 1.24 bits per heavy atom. The normalized spacial score (nSPS) is 17.3. The van der Waals surface area contributed by atoms with Crippen molar-refractivity contribution in [1.82, 2.24) is 4.90 Å². The van der Waals surface area contributed by atoms with Gasteiger partial charge in [-0.15, -0.1) is 11.3 Å². The molecule has 1 aliphatic heterocycles. The molecule has 1 radical (unpaired) electrons. The number of nitro benzene ring substituents is 1. The predicted octanol–water partition coefficient (Wildman–Crippen LogP) is 3.91. The van der Waals surface area contributed by atoms with Crippen molar-refractivity contribution in [3.05, 3.63) is 69.6 Å². The van der Waals surface area contributed by atoms with E-state index in [-0.39, 0.29) is 37.1 Å². The van der Waals surface area contributed by atoms with Crippen LogP contribution < -0.4 is 5.32 Å². The van der Waals surface area contributed by atoms with E-state index in [1.54, 1.807) is 6.07 Å². The van der Waals surface area contributed by atoms with Crippen LogP contribution in [-0.2, 0) is 20.9 Å². The molecule has 0 unspecified atom stereocenters. The fraction of sp³-hybridized carbons (Fsp3) is 0.286. The van der Waals surface area contributed by atoms with Crippen LogP contribution in [0.2, 0.25) is 0 Å². The highest BCUT2D eigenvalue weighted by Crippen LogP contribution is 2.27. The van der Waals surface area contributed by atoms with Crippen molar-refractivity contribution >= 4 is 52.6 Å². The molecule has 0 bridgehead atoms. The Morgan fingerprint density at radius 3 is 2.64 bits per heavy atom. The number of nitrogens with one attached hydrogen (secondary N) is 1. The number of rotatable bonds is 8. The number of carbonyl (C=O) groups excluding carboxylic acids is 3. The van der Waals surface area contributed by atoms with Gasteiger partial charge in [-0.1, -0.05) is 25.3 Å². The first-order chi connectivity index (χ1) is 15.8. The highest BCUT2D eigenvalue weighted by atomic mass is 32.1. The zero-order valence-electron chi connectivity index (χ0n) is 17.3. The molecule has 2 amide bonds. The summed E-state index contributed by atoms with van der Waals surface area (Å²) < 4.78 is 10.3. The lowest BCUT2D eigenvalue weighted by atomic mass is 10.2. The monoisotopic (exact) mass is 490 g/mol. The van der Waals surface area contributed by atoms with Crippen LogP contribution in [0.4, 0.5) is 15.5 Å². The van der Waals surface area contributed by atoms with E-state index in [9.17, 15) is 24.5 Å². The maximum atomic E-state index is 12.8. The van der Waals surface area contributed by atoms with Gasteiger partial charge in [0.15, 0.2) is 0 Å². The van der Waals surface area contributed by atoms with Crippen LogP contribution in [0.1, 0.15) is 21.7 Å². The quantitative estimate of drug-likeness (QED) is 0.257. The number of non-ortho nitro benzene ring substituents is 1. The summed E-state index contributed by atoms with van der Waals surface area (Å²) in [5, 5.41) is 13.5. The van der Waals surface area contributed by atoms with Crippen molar-refractivity contribution in [2.75, 3.05) is 18.5 Å². The summed E-state index contributed by atoms with van der Waals surface area (Å²) in [6.45, 7) is 3.63. The van der Waals surface area contributed by atoms with Gasteiger partial charge in [-0.05, 0) is 36.2 Å². The molecular formula is C21H20N3O7S2. The molecule has 1 N–H and O–H groups in total. The number of nitro groups is 1. The van der Waals surface area contributed by atoms with Gasteiger partial charge in [0.25, 0.3) is 5.69 Å². The summed E-state index contributed by atoms with van der Waals surface area (Å²) in [7, 11) is 0. The smallest absolute Gasteiger partial charge is 0.410 e. The van der Waals surface area contributed by atoms with E-state index in [1.165, 1.54) is 41.3 Å². The van der Waals surface area contributed by atoms with Gasteiger partial charge in [0.05, 0.1) is 9.92 Å². The molecule has 12 heteroatoms. The number of nitrogens with zero attached hydrogens (tertiary/aromatic N) is 2. The van der Waals surface area contributed by atoms with Crippen molar-refractivity contribution in [2.45, 2.75) is 24.3 Å². The number of ether oxygens (including phenoxy) is 2. The Hall–Kier alpha value is -3.38. The lowest BCUT2D eigenvalue weighted by molar-refractivity contribution is -0.384. The molecule has 1 aromatic carbocycles. The van der Waals surface area contributed by atoms with E-state index in [2.05, 4.69) is 11.9 Å². The Kier molecular flexibility index (Phi) is 8.06. The number of hydrogen-bond donors (Lipinski definition) is 1. The summed E-state index contributed by atoms with van der Waals surface area (Å²) in [5.41, 5.74) is 0.500. The molecule has 10 nitrogen and oxygen atoms in total. The lowest BCUT2D eigenvalue weighted by Gasteiger charge is -2.23. The molecular weight excluding hydrogens is 470 g/mol. The van der Waals surface area contributed by atoms with E-state index >= 15 is 0 Å². The molecule has 1 saturated heterocycles. The molecule has 1 aliphatic rings. The van der Waals surface area contributed by atoms with Crippen LogP contribution in [0.25, 0.3) is 0 Å². The molecule has 2 atom stereocenters. The molecule has 0 aliphatic carbocycles. The van der Waals surface area contributed by atoms with Crippen LogP contribution in [0, 0.1) is 10.1 Å². The largest absolute Gasteiger partial charge is 0.457 e. The van der Waals surface area contributed by atoms with Crippen LogP contribution in [0.15, 0.2) is 49.1 Å². The first-order valence-electron chi connectivity index (χ1n) is 9.79. The second-order valence-corrected chi connectivity index (χ2v) is 8.79. The van der Waals surface area contributed by atoms with Crippen LogP contribution >= 0.6 is 24.0 Å². The van der Waals surface area contributed by atoms with E-state index < -0.39 is 28.9 Å². The summed E-state index contributed by atoms with van der Waals surface area (Å²) >= 11 is 6.35. The maximum Gasteiger partial charge on any atom is 0.410 e. The van der Waals surface area contributed by atoms with Gasteiger partial charge < -0.3 is 14.8 Å². The van der Waals surface area contributed by atoms with Gasteiger partial charge in [-0.2, -0.15) is 0 Å². The second-order valence-electron chi connectivity index (χ2n) is 7.04. The molecule has 2 heterocycles. The van der Waals surface area contributed by atoms with Gasteiger partial charge in [0.2, 0.25) is 5.91 Å². The number of carbonyl (C=O) groups is 3. The zero-order valence-corrected chi connectivity index (χ0v) is 18.9. The summed E-state index contributed by atoms with van der Waals surface area (Å²) in [4.78, 5) is 49.1. The van der Waals surface area contributed by atoms with Crippen LogP contribution in [-0.4, -0.2) is 52.2 Å². The van der Waals surface area contributed by atoms with E-state index in [0.717, 1.165) is 11.3 Å². The highest BCUT2D eigenvalue weighted by Gasteiger charge is 2.39. The Balaban J connectivity index is 1.59. The molecule has 33 heavy (non-hydrogen) atoms. The minimum absolute atomic E-state index is 0.0685. The zero-order chi connectivity index (χ0) is 24.0. The van der Waals surface area contributed by atoms with E-state index in [0.29, 0.717) is 15.4 Å². The Bertz CT molecular complexity index is 1050. The van der Waals surface area contributed by atoms with Crippen molar-refractivity contribution in [3.63, 3.8) is 0 Å². The number of hydrogen-bond acceptors (Lipinski definition) is 8. The average Bonchev–Trinajstić information content (AvgIpc) is 3.42. The Morgan fingerprint density at radius 2 is 1.97 bits per heavy atom. The van der Waals surface area contributed by atoms with Gasteiger partial charge in [0.1, 0.15) is 24.1 Å². The molecule has 2 aromatic rings. The number of amides is 2. The van der Waals surface area contributed by atoms with Crippen molar-refractivity contribution in [3.8, 4) is 0 Å². The SMILES string of the molecule is C=CCOC(=O)c1ccc(NC(=O)[C@@H]2C[C@H]([S])CN2C(=O)OCc2ccc([N+](=O)[O-])cc2)s1. The average molecular weight is 491 g/mol. The maximum absolute atomic E-state index is 12.8. The number of anilines is 1. The minimum Gasteiger partial charge on any atom is -0.457 e. The van der Waals surface area contributed by atoms with Crippen molar-refractivity contribution in [1.29, 1.82) is 0 Å². The molecule has 173 valence electrons. The fourth-order valence-electron chi connectivity index (χ4n) is 3.11. The van der Waals surface area contributed by atoms with Crippen molar-refractivity contribution in [2.24, 2.45) is 0 Å². The molecule has 1 fully saturated rings. The molecule has 1 aromatic heterocycles. The topological polar surface area (TPSA) is 128 Å². The van der Waals surface area contributed by atoms with Gasteiger partial charge in [0, 0.05) is 23.9 Å². The third-order valence-corrected chi connectivity index (χ3v) is 6.02. The van der Waals surface area contributed by atoms with Crippen LogP contribution in [0.3, 0.4) is 0 Å². The Labute approximate surface area is 198 Å². The fourth-order valence-corrected chi connectivity index (χ4v) is 4.26. The number of thiophene rings is 1. The summed E-state index contributed by atoms with van der Waals surface area (Å²) in [6.07, 6.45) is 1.03. The van der Waals surface area contributed by atoms with E-state index in [4.69, 9.17) is 22.1 Å². The first kappa shape index (κ1) is 24.3. The first-order valence-corrected chi connectivity index (χ1v) is 11.1. The number of benzene rings is 1. The lowest BCUT2D eigenvalue weighted by Crippen LogP contribution is -2.43. The summed E-state index contributed by atoms with van der Waals surface area (Å²) in [6, 6.07) is 7.90. The number of esters is 1. The minimum atomic E-state index is -0.824. The second kappa shape index (κ2) is 11.0. The van der Waals surface area contributed by atoms with Crippen LogP contribution in [0.5, 0.6) is 0 Å². The molecule has 0 spiro atoms. The van der Waals surface area contributed by atoms with Gasteiger partial charge in [-0.3, -0.25) is 19.8 Å². The predicted molar refractivity (Wildman–Crippen MR) is 123 cm³/mol. The molecule has 3 rings (SSSR count). The molecule has 0 saturated carbocycles. The third-order valence-electron chi connectivity index (χ3n) is 4.70. The summed E-state index contributed by atoms with van der Waals surface area (Å²) in [5.74, 6) is -0.967. The standard InChI is InChI=1S/C21H20N3O7S2/c1-2-9-30-20(26)17-7-8-18(33-17)22-19(25)16-10-15(32)11-23(16)21(27)31-12-13-3-5-14(6-4-13)24(28)29/h2-8,15-16H,1,9-12H2,(H,22,25)/t15-,16-/m0/s1. The highest BCUT2D eigenvalue weighted by molar-refractivity contribution is 7.81. The third kappa shape index (κ3) is 6.33. The van der Waals surface area contributed by atoms with E-state index in [1.807, 2.05) is 0 Å². The van der Waals surface area contributed by atoms with Gasteiger partial charge in [-0.25, -0.2) is 9.59 Å². The van der Waals surface area contributed by atoms with Crippen molar-refractivity contribution < 1.29 is 28.8 Å². The van der Waals surface area contributed by atoms with Gasteiger partial charge >= 0.3 is 12.1 Å². The number of likely N-dealkylation sites (tertiary alicyclic amines) is 1.